The number of sulfonamides is 1. The molecule has 0 saturated carbocycles. The molecule has 0 aliphatic carbocycles. The summed E-state index contributed by atoms with van der Waals surface area (Å²) in [5.74, 6) is -0.461. The Bertz CT molecular complexity index is 1250. The molecule has 3 aromatic rings. The van der Waals surface area contributed by atoms with Crippen LogP contribution in [0.1, 0.15) is 15.9 Å². The van der Waals surface area contributed by atoms with Crippen molar-refractivity contribution in [1.82, 2.24) is 4.31 Å². The third-order valence-electron chi connectivity index (χ3n) is 5.50. The van der Waals surface area contributed by atoms with E-state index in [4.69, 9.17) is 0 Å². The van der Waals surface area contributed by atoms with E-state index in [-0.39, 0.29) is 16.5 Å². The number of nitrogens with zero attached hydrogens (tertiary/aromatic N) is 2. The first-order valence-electron chi connectivity index (χ1n) is 10.4. The number of piperazine rings is 1. The number of carbonyl (C=O) groups excluding carboxylic acids is 1. The van der Waals surface area contributed by atoms with Crippen molar-refractivity contribution in [3.8, 4) is 0 Å². The van der Waals surface area contributed by atoms with Gasteiger partial charge in [-0.15, -0.1) is 0 Å². The summed E-state index contributed by atoms with van der Waals surface area (Å²) in [6.07, 6.45) is 3.12. The predicted molar refractivity (Wildman–Crippen MR) is 131 cm³/mol. The summed E-state index contributed by atoms with van der Waals surface area (Å²) in [7, 11) is -3.52. The van der Waals surface area contributed by atoms with Gasteiger partial charge in [0.15, 0.2) is 5.78 Å². The lowest BCUT2D eigenvalue weighted by Gasteiger charge is -2.35. The maximum absolute atomic E-state index is 13.0. The van der Waals surface area contributed by atoms with E-state index in [1.165, 1.54) is 22.5 Å². The van der Waals surface area contributed by atoms with Crippen molar-refractivity contribution in [2.24, 2.45) is 0 Å². The number of allylic oxidation sites excluding steroid dienone is 1. The molecule has 33 heavy (non-hydrogen) atoms. The maximum Gasteiger partial charge on any atom is 0.243 e. The number of benzene rings is 3. The molecule has 0 bridgehead atoms. The second-order valence-electron chi connectivity index (χ2n) is 7.64. The van der Waals surface area contributed by atoms with Crippen molar-refractivity contribution in [1.29, 1.82) is 0 Å². The zero-order chi connectivity index (χ0) is 23.4. The highest BCUT2D eigenvalue weighted by molar-refractivity contribution is 9.10. The van der Waals surface area contributed by atoms with Gasteiger partial charge in [-0.05, 0) is 72.3 Å². The monoisotopic (exact) mass is 528 g/mol. The van der Waals surface area contributed by atoms with E-state index >= 15 is 0 Å². The van der Waals surface area contributed by atoms with Crippen molar-refractivity contribution in [3.05, 3.63) is 100 Å². The lowest BCUT2D eigenvalue weighted by molar-refractivity contribution is 0.104. The summed E-state index contributed by atoms with van der Waals surface area (Å²) >= 11 is 3.33. The van der Waals surface area contributed by atoms with Crippen LogP contribution in [-0.2, 0) is 10.0 Å². The van der Waals surface area contributed by atoms with Crippen LogP contribution in [0.15, 0.2) is 88.2 Å². The van der Waals surface area contributed by atoms with E-state index < -0.39 is 10.0 Å². The minimum Gasteiger partial charge on any atom is -0.369 e. The molecule has 0 N–H and O–H groups in total. The Morgan fingerprint density at radius 3 is 2.06 bits per heavy atom. The lowest BCUT2D eigenvalue weighted by atomic mass is 10.1. The molecule has 1 saturated heterocycles. The van der Waals surface area contributed by atoms with Crippen molar-refractivity contribution >= 4 is 43.5 Å². The van der Waals surface area contributed by atoms with Crippen molar-refractivity contribution in [2.45, 2.75) is 4.90 Å². The largest absolute Gasteiger partial charge is 0.369 e. The van der Waals surface area contributed by atoms with Gasteiger partial charge in [0, 0.05) is 41.9 Å². The van der Waals surface area contributed by atoms with Crippen LogP contribution in [0.3, 0.4) is 0 Å². The Kier molecular flexibility index (Phi) is 7.07. The van der Waals surface area contributed by atoms with Crippen LogP contribution in [0.25, 0.3) is 6.08 Å². The number of anilines is 1. The average molecular weight is 529 g/mol. The van der Waals surface area contributed by atoms with E-state index in [9.17, 15) is 17.6 Å². The summed E-state index contributed by atoms with van der Waals surface area (Å²) in [6, 6.07) is 19.8. The number of hydrogen-bond donors (Lipinski definition) is 0. The van der Waals surface area contributed by atoms with E-state index in [1.807, 2.05) is 12.1 Å². The molecule has 170 valence electrons. The van der Waals surface area contributed by atoms with Gasteiger partial charge in [-0.25, -0.2) is 12.8 Å². The van der Waals surface area contributed by atoms with Gasteiger partial charge in [0.25, 0.3) is 0 Å². The summed E-state index contributed by atoms with van der Waals surface area (Å²) in [6.45, 7) is 1.90. The van der Waals surface area contributed by atoms with Gasteiger partial charge in [0.1, 0.15) is 5.82 Å². The first-order valence-corrected chi connectivity index (χ1v) is 12.6. The molecule has 3 aromatic carbocycles. The van der Waals surface area contributed by atoms with Crippen LogP contribution in [-0.4, -0.2) is 44.7 Å². The molecule has 5 nitrogen and oxygen atoms in total. The first kappa shape index (κ1) is 23.4. The quantitative estimate of drug-likeness (QED) is 0.334. The SMILES string of the molecule is O=C(C=Cc1ccc(F)cc1)c1ccc(N2CCN(S(=O)(=O)c3ccc(Br)cc3)CC2)cc1. The topological polar surface area (TPSA) is 57.7 Å². The van der Waals surface area contributed by atoms with Gasteiger partial charge in [-0.3, -0.25) is 4.79 Å². The fourth-order valence-electron chi connectivity index (χ4n) is 3.62. The Morgan fingerprint density at radius 1 is 0.848 bits per heavy atom. The molecule has 1 aliphatic heterocycles. The Labute approximate surface area is 201 Å². The second kappa shape index (κ2) is 9.99. The molecule has 4 rings (SSSR count). The van der Waals surface area contributed by atoms with Gasteiger partial charge in [0.2, 0.25) is 10.0 Å². The lowest BCUT2D eigenvalue weighted by Crippen LogP contribution is -2.48. The van der Waals surface area contributed by atoms with Gasteiger partial charge in [-0.2, -0.15) is 4.31 Å². The first-order chi connectivity index (χ1) is 15.8. The standard InChI is InChI=1S/C25H22BrFN2O3S/c26-21-6-12-24(13-7-21)33(31,32)29-17-15-28(16-18-29)23-10-4-20(5-11-23)25(30)14-3-19-1-8-22(27)9-2-19/h1-14H,15-18H2. The van der Waals surface area contributed by atoms with Crippen molar-refractivity contribution in [3.63, 3.8) is 0 Å². The number of halogens is 2. The maximum atomic E-state index is 13.0. The van der Waals surface area contributed by atoms with Crippen LogP contribution < -0.4 is 4.90 Å². The molecular formula is C25H22BrFN2O3S. The van der Waals surface area contributed by atoms with Crippen LogP contribution in [0.4, 0.5) is 10.1 Å². The van der Waals surface area contributed by atoms with E-state index in [1.54, 1.807) is 54.6 Å². The Balaban J connectivity index is 1.36. The number of hydrogen-bond acceptors (Lipinski definition) is 4. The number of ketones is 1. The highest BCUT2D eigenvalue weighted by Crippen LogP contribution is 2.23. The van der Waals surface area contributed by atoms with Crippen molar-refractivity contribution in [2.75, 3.05) is 31.1 Å². The molecular weight excluding hydrogens is 507 g/mol. The van der Waals surface area contributed by atoms with E-state index in [2.05, 4.69) is 20.8 Å². The molecule has 8 heteroatoms. The zero-order valence-electron chi connectivity index (χ0n) is 17.7. The van der Waals surface area contributed by atoms with E-state index in [0.29, 0.717) is 31.7 Å². The third-order valence-corrected chi connectivity index (χ3v) is 7.95. The predicted octanol–water partition coefficient (Wildman–Crippen LogP) is 5.00. The summed E-state index contributed by atoms with van der Waals surface area (Å²) in [5, 5.41) is 0. The van der Waals surface area contributed by atoms with Crippen LogP contribution in [0, 0.1) is 5.82 Å². The molecule has 0 radical (unpaired) electrons. The molecule has 1 fully saturated rings. The Hall–Kier alpha value is -2.81. The Morgan fingerprint density at radius 2 is 1.45 bits per heavy atom. The summed E-state index contributed by atoms with van der Waals surface area (Å²) in [5.41, 5.74) is 2.24. The van der Waals surface area contributed by atoms with Crippen LogP contribution in [0.5, 0.6) is 0 Å². The molecule has 0 amide bonds. The average Bonchev–Trinajstić information content (AvgIpc) is 2.84. The summed E-state index contributed by atoms with van der Waals surface area (Å²) in [4.78, 5) is 14.8. The molecule has 1 aliphatic rings. The minimum atomic E-state index is -3.52. The fraction of sp³-hybridized carbons (Fsp3) is 0.160. The number of rotatable bonds is 6. The summed E-state index contributed by atoms with van der Waals surface area (Å²) < 4.78 is 41.1. The van der Waals surface area contributed by atoms with Gasteiger partial charge < -0.3 is 4.90 Å². The highest BCUT2D eigenvalue weighted by Gasteiger charge is 2.28. The molecule has 1 heterocycles. The fourth-order valence-corrected chi connectivity index (χ4v) is 5.31. The molecule has 0 aromatic heterocycles. The van der Waals surface area contributed by atoms with Gasteiger partial charge in [-0.1, -0.05) is 34.1 Å². The van der Waals surface area contributed by atoms with Crippen LogP contribution >= 0.6 is 15.9 Å². The normalized spacial score (nSPS) is 15.2. The molecule has 0 atom stereocenters. The van der Waals surface area contributed by atoms with Crippen LogP contribution in [0.2, 0.25) is 0 Å². The zero-order valence-corrected chi connectivity index (χ0v) is 20.1. The molecule has 0 unspecified atom stereocenters. The minimum absolute atomic E-state index is 0.142. The van der Waals surface area contributed by atoms with Crippen molar-refractivity contribution < 1.29 is 17.6 Å². The highest BCUT2D eigenvalue weighted by atomic mass is 79.9. The second-order valence-corrected chi connectivity index (χ2v) is 10.5. The van der Waals surface area contributed by atoms with Gasteiger partial charge >= 0.3 is 0 Å². The van der Waals surface area contributed by atoms with Gasteiger partial charge in [0.05, 0.1) is 4.90 Å². The van der Waals surface area contributed by atoms with E-state index in [0.717, 1.165) is 15.7 Å². The smallest absolute Gasteiger partial charge is 0.243 e. The number of carbonyl (C=O) groups is 1. The molecule has 0 spiro atoms. The third kappa shape index (κ3) is 5.58.